The fraction of sp³-hybridized carbons (Fsp3) is 0.409. The maximum atomic E-state index is 12.4. The second-order valence-corrected chi connectivity index (χ2v) is 9.58. The third-order valence-electron chi connectivity index (χ3n) is 5.36. The third kappa shape index (κ3) is 5.50. The maximum absolute atomic E-state index is 12.4. The lowest BCUT2D eigenvalue weighted by atomic mass is 10.1. The SMILES string of the molecule is Cc1ccc(N(CC(=O)NCc2ccc(N3CCCC3)cc2)S(C)(=O)=O)cc1C. The number of rotatable bonds is 7. The van der Waals surface area contributed by atoms with Gasteiger partial charge in [0, 0.05) is 25.3 Å². The Morgan fingerprint density at radius 3 is 2.28 bits per heavy atom. The average molecular weight is 416 g/mol. The van der Waals surface area contributed by atoms with Crippen LogP contribution in [-0.4, -0.2) is 40.2 Å². The number of anilines is 2. The zero-order valence-corrected chi connectivity index (χ0v) is 18.1. The smallest absolute Gasteiger partial charge is 0.241 e. The van der Waals surface area contributed by atoms with Crippen LogP contribution in [0.3, 0.4) is 0 Å². The summed E-state index contributed by atoms with van der Waals surface area (Å²) in [5, 5.41) is 2.83. The van der Waals surface area contributed by atoms with E-state index in [0.29, 0.717) is 12.2 Å². The van der Waals surface area contributed by atoms with Gasteiger partial charge in [0.05, 0.1) is 11.9 Å². The third-order valence-corrected chi connectivity index (χ3v) is 6.50. The van der Waals surface area contributed by atoms with Gasteiger partial charge in [0.2, 0.25) is 15.9 Å². The lowest BCUT2D eigenvalue weighted by molar-refractivity contribution is -0.119. The van der Waals surface area contributed by atoms with Gasteiger partial charge in [0.25, 0.3) is 0 Å². The minimum Gasteiger partial charge on any atom is -0.372 e. The number of hydrogen-bond donors (Lipinski definition) is 1. The van der Waals surface area contributed by atoms with Gasteiger partial charge < -0.3 is 10.2 Å². The number of amides is 1. The Morgan fingerprint density at radius 2 is 1.69 bits per heavy atom. The number of nitrogens with zero attached hydrogens (tertiary/aromatic N) is 2. The summed E-state index contributed by atoms with van der Waals surface area (Å²) in [7, 11) is -3.57. The highest BCUT2D eigenvalue weighted by molar-refractivity contribution is 7.92. The largest absolute Gasteiger partial charge is 0.372 e. The van der Waals surface area contributed by atoms with Crippen molar-refractivity contribution in [2.75, 3.05) is 35.1 Å². The van der Waals surface area contributed by atoms with Gasteiger partial charge >= 0.3 is 0 Å². The topological polar surface area (TPSA) is 69.7 Å². The summed E-state index contributed by atoms with van der Waals surface area (Å²) < 4.78 is 25.6. The number of benzene rings is 2. The van der Waals surface area contributed by atoms with Crippen LogP contribution >= 0.6 is 0 Å². The molecule has 0 atom stereocenters. The molecule has 29 heavy (non-hydrogen) atoms. The van der Waals surface area contributed by atoms with Crippen LogP contribution in [0.15, 0.2) is 42.5 Å². The molecule has 0 aliphatic carbocycles. The number of carbonyl (C=O) groups excluding carboxylic acids is 1. The van der Waals surface area contributed by atoms with Crippen molar-refractivity contribution in [3.05, 3.63) is 59.2 Å². The first-order valence-electron chi connectivity index (χ1n) is 9.89. The van der Waals surface area contributed by atoms with Crippen LogP contribution in [0.4, 0.5) is 11.4 Å². The molecule has 1 aliphatic rings. The summed E-state index contributed by atoms with van der Waals surface area (Å²) in [4.78, 5) is 14.8. The highest BCUT2D eigenvalue weighted by Gasteiger charge is 2.21. The molecule has 3 rings (SSSR count). The van der Waals surface area contributed by atoms with E-state index in [0.717, 1.165) is 40.3 Å². The first-order valence-corrected chi connectivity index (χ1v) is 11.7. The summed E-state index contributed by atoms with van der Waals surface area (Å²) in [5.41, 5.74) is 4.74. The Labute approximate surface area is 173 Å². The number of carbonyl (C=O) groups is 1. The van der Waals surface area contributed by atoms with Crippen molar-refractivity contribution in [1.82, 2.24) is 5.32 Å². The van der Waals surface area contributed by atoms with Gasteiger partial charge in [-0.05, 0) is 67.6 Å². The lowest BCUT2D eigenvalue weighted by Crippen LogP contribution is -2.40. The maximum Gasteiger partial charge on any atom is 0.241 e. The van der Waals surface area contributed by atoms with Crippen LogP contribution in [0.1, 0.15) is 29.5 Å². The predicted molar refractivity (Wildman–Crippen MR) is 118 cm³/mol. The second-order valence-electron chi connectivity index (χ2n) is 7.68. The summed E-state index contributed by atoms with van der Waals surface area (Å²) in [6.07, 6.45) is 3.58. The minimum atomic E-state index is -3.57. The summed E-state index contributed by atoms with van der Waals surface area (Å²) in [6, 6.07) is 13.5. The van der Waals surface area contributed by atoms with Gasteiger partial charge in [-0.15, -0.1) is 0 Å². The van der Waals surface area contributed by atoms with Gasteiger partial charge in [0.15, 0.2) is 0 Å². The molecular formula is C22H29N3O3S. The fourth-order valence-electron chi connectivity index (χ4n) is 3.47. The molecule has 0 unspecified atom stereocenters. The Hall–Kier alpha value is -2.54. The molecule has 1 N–H and O–H groups in total. The molecule has 1 amide bonds. The molecule has 156 valence electrons. The molecule has 0 aromatic heterocycles. The molecule has 0 saturated carbocycles. The summed E-state index contributed by atoms with van der Waals surface area (Å²) >= 11 is 0. The predicted octanol–water partition coefficient (Wildman–Crippen LogP) is 2.99. The van der Waals surface area contributed by atoms with E-state index in [-0.39, 0.29) is 12.5 Å². The molecule has 0 spiro atoms. The molecule has 2 aromatic rings. The van der Waals surface area contributed by atoms with Crippen LogP contribution in [0, 0.1) is 13.8 Å². The molecule has 1 aliphatic heterocycles. The van der Waals surface area contributed by atoms with Crippen molar-refractivity contribution in [3.8, 4) is 0 Å². The van der Waals surface area contributed by atoms with E-state index in [1.807, 2.05) is 32.0 Å². The van der Waals surface area contributed by atoms with Gasteiger partial charge in [-0.3, -0.25) is 9.10 Å². The Kier molecular flexibility index (Phi) is 6.47. The molecular weight excluding hydrogens is 386 g/mol. The monoisotopic (exact) mass is 415 g/mol. The van der Waals surface area contributed by atoms with Crippen molar-refractivity contribution in [2.24, 2.45) is 0 Å². The van der Waals surface area contributed by atoms with Crippen LogP contribution < -0.4 is 14.5 Å². The van der Waals surface area contributed by atoms with Crippen LogP contribution in [-0.2, 0) is 21.4 Å². The fourth-order valence-corrected chi connectivity index (χ4v) is 4.32. The lowest BCUT2D eigenvalue weighted by Gasteiger charge is -2.23. The van der Waals surface area contributed by atoms with Gasteiger partial charge in [0.1, 0.15) is 6.54 Å². The second kappa shape index (κ2) is 8.86. The number of sulfonamides is 1. The Balaban J connectivity index is 1.62. The standard InChI is InChI=1S/C22H29N3O3S/c1-17-6-9-21(14-18(17)2)25(29(3,27)28)16-22(26)23-15-19-7-10-20(11-8-19)24-12-4-5-13-24/h6-11,14H,4-5,12-13,15-16H2,1-3H3,(H,23,26). The Morgan fingerprint density at radius 1 is 1.03 bits per heavy atom. The van der Waals surface area contributed by atoms with Gasteiger partial charge in [-0.1, -0.05) is 18.2 Å². The van der Waals surface area contributed by atoms with Crippen molar-refractivity contribution >= 4 is 27.3 Å². The van der Waals surface area contributed by atoms with E-state index in [2.05, 4.69) is 22.3 Å². The van der Waals surface area contributed by atoms with Crippen LogP contribution in [0.2, 0.25) is 0 Å². The molecule has 6 nitrogen and oxygen atoms in total. The van der Waals surface area contributed by atoms with E-state index < -0.39 is 10.0 Å². The van der Waals surface area contributed by atoms with E-state index in [4.69, 9.17) is 0 Å². The molecule has 1 fully saturated rings. The van der Waals surface area contributed by atoms with Crippen LogP contribution in [0.25, 0.3) is 0 Å². The van der Waals surface area contributed by atoms with Crippen molar-refractivity contribution < 1.29 is 13.2 Å². The Bertz CT molecular complexity index is 965. The molecule has 1 saturated heterocycles. The minimum absolute atomic E-state index is 0.243. The summed E-state index contributed by atoms with van der Waals surface area (Å²) in [5.74, 6) is -0.336. The molecule has 0 bridgehead atoms. The van der Waals surface area contributed by atoms with Gasteiger partial charge in [-0.2, -0.15) is 0 Å². The summed E-state index contributed by atoms with van der Waals surface area (Å²) in [6.45, 7) is 6.19. The van der Waals surface area contributed by atoms with E-state index in [1.165, 1.54) is 18.5 Å². The normalized spacial score (nSPS) is 14.1. The van der Waals surface area contributed by atoms with Crippen molar-refractivity contribution in [1.29, 1.82) is 0 Å². The zero-order chi connectivity index (χ0) is 21.0. The highest BCUT2D eigenvalue weighted by atomic mass is 32.2. The number of nitrogens with one attached hydrogen (secondary N) is 1. The van der Waals surface area contributed by atoms with Crippen LogP contribution in [0.5, 0.6) is 0 Å². The molecule has 0 radical (unpaired) electrons. The van der Waals surface area contributed by atoms with Gasteiger partial charge in [-0.25, -0.2) is 8.42 Å². The van der Waals surface area contributed by atoms with Crippen molar-refractivity contribution in [3.63, 3.8) is 0 Å². The van der Waals surface area contributed by atoms with E-state index in [1.54, 1.807) is 12.1 Å². The molecule has 7 heteroatoms. The van der Waals surface area contributed by atoms with E-state index in [9.17, 15) is 13.2 Å². The number of hydrogen-bond acceptors (Lipinski definition) is 4. The number of aryl methyl sites for hydroxylation is 2. The zero-order valence-electron chi connectivity index (χ0n) is 17.3. The highest BCUT2D eigenvalue weighted by Crippen LogP contribution is 2.22. The molecule has 1 heterocycles. The van der Waals surface area contributed by atoms with E-state index >= 15 is 0 Å². The van der Waals surface area contributed by atoms with Crippen molar-refractivity contribution in [2.45, 2.75) is 33.2 Å². The first-order chi connectivity index (χ1) is 13.7. The quantitative estimate of drug-likeness (QED) is 0.755. The average Bonchev–Trinajstić information content (AvgIpc) is 3.21. The first kappa shape index (κ1) is 21.2. The molecule has 2 aromatic carbocycles.